The molecular weight excluding hydrogens is 311 g/mol. The predicted octanol–water partition coefficient (Wildman–Crippen LogP) is 2.07. The van der Waals surface area contributed by atoms with E-state index in [0.717, 1.165) is 0 Å². The maximum Gasteiger partial charge on any atom is 0.389 e. The third-order valence-corrected chi connectivity index (χ3v) is 3.97. The van der Waals surface area contributed by atoms with Gasteiger partial charge in [-0.3, -0.25) is 4.79 Å². The first-order chi connectivity index (χ1) is 9.61. The molecule has 0 amide bonds. The minimum atomic E-state index is -4.44. The fourth-order valence-corrected chi connectivity index (χ4v) is 2.85. The topological polar surface area (TPSA) is 83.5 Å². The summed E-state index contributed by atoms with van der Waals surface area (Å²) in [6, 6.07) is 5.99. The molecule has 118 valence electrons. The van der Waals surface area contributed by atoms with Gasteiger partial charge in [-0.15, -0.1) is 0 Å². The molecule has 0 aliphatic carbocycles. The zero-order chi connectivity index (χ0) is 16.1. The van der Waals surface area contributed by atoms with Crippen molar-refractivity contribution < 1.29 is 31.5 Å². The molecule has 1 aromatic rings. The Balaban J connectivity index is 2.73. The summed E-state index contributed by atoms with van der Waals surface area (Å²) < 4.78 is 61.2. The lowest BCUT2D eigenvalue weighted by atomic mass is 10.1. The highest BCUT2D eigenvalue weighted by Crippen LogP contribution is 2.22. The lowest BCUT2D eigenvalue weighted by Gasteiger charge is -2.15. The molecule has 2 N–H and O–H groups in total. The Bertz CT molecular complexity index is 572. The van der Waals surface area contributed by atoms with E-state index in [2.05, 4.69) is 0 Å². The van der Waals surface area contributed by atoms with Crippen LogP contribution in [0.3, 0.4) is 0 Å². The second kappa shape index (κ2) is 6.90. The zero-order valence-corrected chi connectivity index (χ0v) is 11.6. The molecule has 5 nitrogen and oxygen atoms in total. The summed E-state index contributed by atoms with van der Waals surface area (Å²) >= 11 is 0. The van der Waals surface area contributed by atoms with Gasteiger partial charge in [0.05, 0.1) is 5.75 Å². The van der Waals surface area contributed by atoms with Gasteiger partial charge in [-0.05, 0) is 12.0 Å². The highest BCUT2D eigenvalue weighted by atomic mass is 32.2. The van der Waals surface area contributed by atoms with Crippen molar-refractivity contribution in [3.05, 3.63) is 35.9 Å². The molecule has 9 heteroatoms. The molecule has 0 bridgehead atoms. The maximum absolute atomic E-state index is 12.0. The molecule has 0 fully saturated rings. The second-order valence-corrected chi connectivity index (χ2v) is 6.21. The van der Waals surface area contributed by atoms with E-state index in [0.29, 0.717) is 0 Å². The van der Waals surface area contributed by atoms with Crippen molar-refractivity contribution in [3.8, 4) is 0 Å². The summed E-state index contributed by atoms with van der Waals surface area (Å²) in [5.74, 6) is -2.22. The number of hydrogen-bond acceptors (Lipinski definition) is 3. The smallest absolute Gasteiger partial charge is 0.389 e. The Morgan fingerprint density at radius 2 is 1.81 bits per heavy atom. The van der Waals surface area contributed by atoms with E-state index in [1.165, 1.54) is 24.3 Å². The number of carboxylic acids is 1. The SMILES string of the molecule is O=C(O)[C@H](NS(=O)(=O)CCCC(F)(F)F)c1ccccc1. The van der Waals surface area contributed by atoms with Crippen LogP contribution in [0, 0.1) is 0 Å². The van der Waals surface area contributed by atoms with E-state index in [1.54, 1.807) is 6.07 Å². The average molecular weight is 325 g/mol. The molecule has 0 saturated carbocycles. The highest BCUT2D eigenvalue weighted by Gasteiger charge is 2.29. The van der Waals surface area contributed by atoms with Gasteiger partial charge in [0.25, 0.3) is 0 Å². The Morgan fingerprint density at radius 3 is 2.29 bits per heavy atom. The second-order valence-electron chi connectivity index (χ2n) is 4.34. The van der Waals surface area contributed by atoms with E-state index in [1.807, 2.05) is 4.72 Å². The fraction of sp³-hybridized carbons (Fsp3) is 0.417. The number of halogens is 3. The van der Waals surface area contributed by atoms with Crippen LogP contribution in [-0.4, -0.2) is 31.4 Å². The third kappa shape index (κ3) is 6.58. The van der Waals surface area contributed by atoms with Crippen molar-refractivity contribution in [2.45, 2.75) is 25.1 Å². The van der Waals surface area contributed by atoms with Crippen LogP contribution in [-0.2, 0) is 14.8 Å². The molecule has 0 aliphatic rings. The first-order valence-electron chi connectivity index (χ1n) is 5.95. The largest absolute Gasteiger partial charge is 0.480 e. The fourth-order valence-electron chi connectivity index (χ4n) is 1.61. The molecular formula is C12H14F3NO4S. The number of carbonyl (C=O) groups is 1. The molecule has 0 aromatic heterocycles. The van der Waals surface area contributed by atoms with Crippen molar-refractivity contribution in [2.24, 2.45) is 0 Å². The number of benzene rings is 1. The van der Waals surface area contributed by atoms with Crippen LogP contribution in [0.5, 0.6) is 0 Å². The van der Waals surface area contributed by atoms with Crippen LogP contribution in [0.15, 0.2) is 30.3 Å². The van der Waals surface area contributed by atoms with Gasteiger partial charge in [-0.1, -0.05) is 30.3 Å². The van der Waals surface area contributed by atoms with Gasteiger partial charge in [0.15, 0.2) is 0 Å². The molecule has 1 aromatic carbocycles. The quantitative estimate of drug-likeness (QED) is 0.804. The van der Waals surface area contributed by atoms with Gasteiger partial charge in [-0.25, -0.2) is 8.42 Å². The molecule has 0 heterocycles. The first-order valence-corrected chi connectivity index (χ1v) is 7.60. The Kier molecular flexibility index (Phi) is 5.73. The summed E-state index contributed by atoms with van der Waals surface area (Å²) in [6.07, 6.45) is -6.31. The van der Waals surface area contributed by atoms with Gasteiger partial charge < -0.3 is 5.11 Å². The van der Waals surface area contributed by atoms with Crippen LogP contribution in [0.25, 0.3) is 0 Å². The average Bonchev–Trinajstić information content (AvgIpc) is 2.35. The summed E-state index contributed by atoms with van der Waals surface area (Å²) in [4.78, 5) is 11.1. The molecule has 1 atom stereocenters. The standard InChI is InChI=1S/C12H14F3NO4S/c13-12(14,15)7-4-8-21(19,20)16-10(11(17)18)9-5-2-1-3-6-9/h1-3,5-6,10,16H,4,7-8H2,(H,17,18)/t10-/m1/s1. The number of alkyl halides is 3. The molecule has 0 unspecified atom stereocenters. The van der Waals surface area contributed by atoms with Crippen LogP contribution in [0.4, 0.5) is 13.2 Å². The number of nitrogens with one attached hydrogen (secondary N) is 1. The molecule has 1 rings (SSSR count). The number of aliphatic carboxylic acids is 1. The highest BCUT2D eigenvalue weighted by molar-refractivity contribution is 7.89. The monoisotopic (exact) mass is 325 g/mol. The summed E-state index contributed by atoms with van der Waals surface area (Å²) in [6.45, 7) is 0. The molecule has 21 heavy (non-hydrogen) atoms. The van der Waals surface area contributed by atoms with Gasteiger partial charge >= 0.3 is 12.1 Å². The first kappa shape index (κ1) is 17.4. The molecule has 0 aliphatic heterocycles. The Labute approximate surface area is 119 Å². The van der Waals surface area contributed by atoms with Crippen molar-refractivity contribution in [1.82, 2.24) is 4.72 Å². The van der Waals surface area contributed by atoms with Gasteiger partial charge in [0.2, 0.25) is 10.0 Å². The lowest BCUT2D eigenvalue weighted by molar-refractivity contribution is -0.139. The van der Waals surface area contributed by atoms with E-state index in [4.69, 9.17) is 5.11 Å². The number of sulfonamides is 1. The van der Waals surface area contributed by atoms with Crippen molar-refractivity contribution in [3.63, 3.8) is 0 Å². The summed E-state index contributed by atoms with van der Waals surface area (Å²) in [5, 5.41) is 9.04. The molecule has 0 spiro atoms. The summed E-state index contributed by atoms with van der Waals surface area (Å²) in [5.41, 5.74) is 0.199. The zero-order valence-electron chi connectivity index (χ0n) is 10.8. The number of rotatable bonds is 7. The molecule has 0 radical (unpaired) electrons. The Morgan fingerprint density at radius 1 is 1.24 bits per heavy atom. The van der Waals surface area contributed by atoms with E-state index >= 15 is 0 Å². The van der Waals surface area contributed by atoms with Crippen molar-refractivity contribution in [1.29, 1.82) is 0 Å². The van der Waals surface area contributed by atoms with Crippen molar-refractivity contribution >= 4 is 16.0 Å². The number of hydrogen-bond donors (Lipinski definition) is 2. The molecule has 0 saturated heterocycles. The minimum absolute atomic E-state index is 0.199. The van der Waals surface area contributed by atoms with Gasteiger partial charge in [-0.2, -0.15) is 17.9 Å². The predicted molar refractivity (Wildman–Crippen MR) is 69.0 cm³/mol. The Hall–Kier alpha value is -1.61. The number of carboxylic acid groups (broad SMARTS) is 1. The van der Waals surface area contributed by atoms with Crippen LogP contribution < -0.4 is 4.72 Å². The third-order valence-electron chi connectivity index (χ3n) is 2.55. The van der Waals surface area contributed by atoms with Gasteiger partial charge in [0, 0.05) is 6.42 Å². The van der Waals surface area contributed by atoms with Crippen LogP contribution in [0.1, 0.15) is 24.4 Å². The van der Waals surface area contributed by atoms with Crippen molar-refractivity contribution in [2.75, 3.05) is 5.75 Å². The minimum Gasteiger partial charge on any atom is -0.480 e. The van der Waals surface area contributed by atoms with E-state index in [-0.39, 0.29) is 5.56 Å². The van der Waals surface area contributed by atoms with Crippen LogP contribution in [0.2, 0.25) is 0 Å². The van der Waals surface area contributed by atoms with E-state index < -0.39 is 46.8 Å². The van der Waals surface area contributed by atoms with E-state index in [9.17, 15) is 26.4 Å². The summed E-state index contributed by atoms with van der Waals surface area (Å²) in [7, 11) is -4.13. The lowest BCUT2D eigenvalue weighted by Crippen LogP contribution is -2.35. The van der Waals surface area contributed by atoms with Gasteiger partial charge in [0.1, 0.15) is 6.04 Å². The van der Waals surface area contributed by atoms with Crippen LogP contribution >= 0.6 is 0 Å². The normalized spacial score (nSPS) is 13.9. The maximum atomic E-state index is 12.0.